The molecule has 190 valence electrons. The molecule has 0 aliphatic carbocycles. The molecule has 2 rings (SSSR count). The molecule has 5 heteroatoms. The zero-order chi connectivity index (χ0) is 24.7. The van der Waals surface area contributed by atoms with Gasteiger partial charge in [-0.3, -0.25) is 4.79 Å². The van der Waals surface area contributed by atoms with Crippen LogP contribution in [0.4, 0.5) is 0 Å². The summed E-state index contributed by atoms with van der Waals surface area (Å²) in [6.45, 7) is 4.16. The molecule has 1 aromatic carbocycles. The standard InChI is InChI=1S/C29H45NO3S/c1-3-4-5-6-7-8-9-10-11-12-13-14-15-16-18-27(28-19-17-24-30-28)29(31)34(32,33)26-22-20-25(2)21-23-26/h17,19-24,27,30H,3-16,18H2,1-2H3. The van der Waals surface area contributed by atoms with E-state index in [0.29, 0.717) is 12.1 Å². The third-order valence-electron chi connectivity index (χ3n) is 6.72. The molecule has 34 heavy (non-hydrogen) atoms. The number of nitrogens with one attached hydrogen (secondary N) is 1. The summed E-state index contributed by atoms with van der Waals surface area (Å²) in [6.07, 6.45) is 20.1. The highest BCUT2D eigenvalue weighted by Gasteiger charge is 2.33. The molecule has 0 aliphatic heterocycles. The zero-order valence-electron chi connectivity index (χ0n) is 21.4. The van der Waals surface area contributed by atoms with E-state index in [1.165, 1.54) is 82.8 Å². The summed E-state index contributed by atoms with van der Waals surface area (Å²) in [6, 6.07) is 10.2. The van der Waals surface area contributed by atoms with Crippen molar-refractivity contribution in [2.24, 2.45) is 0 Å². The van der Waals surface area contributed by atoms with E-state index in [9.17, 15) is 13.2 Å². The first-order valence-electron chi connectivity index (χ1n) is 13.5. The third-order valence-corrected chi connectivity index (χ3v) is 8.43. The molecule has 0 aliphatic rings. The van der Waals surface area contributed by atoms with Crippen LogP contribution in [0.25, 0.3) is 0 Å². The van der Waals surface area contributed by atoms with E-state index in [2.05, 4.69) is 11.9 Å². The average molecular weight is 488 g/mol. The second-order valence-corrected chi connectivity index (χ2v) is 11.6. The quantitative estimate of drug-likeness (QED) is 0.215. The monoisotopic (exact) mass is 487 g/mol. The van der Waals surface area contributed by atoms with Crippen molar-refractivity contribution < 1.29 is 13.2 Å². The zero-order valence-corrected chi connectivity index (χ0v) is 22.2. The van der Waals surface area contributed by atoms with Crippen LogP contribution in [0, 0.1) is 6.92 Å². The highest BCUT2D eigenvalue weighted by atomic mass is 32.2. The Morgan fingerprint density at radius 2 is 1.26 bits per heavy atom. The Hall–Kier alpha value is -1.88. The summed E-state index contributed by atoms with van der Waals surface area (Å²) in [5.41, 5.74) is 1.66. The normalized spacial score (nSPS) is 12.6. The molecule has 0 bridgehead atoms. The second-order valence-electron chi connectivity index (χ2n) is 9.70. The maximum Gasteiger partial charge on any atom is 0.260 e. The van der Waals surface area contributed by atoms with Crippen LogP contribution >= 0.6 is 0 Å². The van der Waals surface area contributed by atoms with Crippen molar-refractivity contribution in [1.82, 2.24) is 4.98 Å². The Morgan fingerprint density at radius 1 is 0.765 bits per heavy atom. The summed E-state index contributed by atoms with van der Waals surface area (Å²) >= 11 is 0. The Balaban J connectivity index is 1.69. The van der Waals surface area contributed by atoms with Crippen molar-refractivity contribution >= 4 is 15.0 Å². The number of benzene rings is 1. The molecule has 4 nitrogen and oxygen atoms in total. The summed E-state index contributed by atoms with van der Waals surface area (Å²) in [5, 5.41) is -0.700. The topological polar surface area (TPSA) is 67.0 Å². The molecule has 0 spiro atoms. The molecule has 1 atom stereocenters. The molecular formula is C29H45NO3S. The first kappa shape index (κ1) is 28.4. The minimum absolute atomic E-state index is 0.0839. The van der Waals surface area contributed by atoms with Crippen molar-refractivity contribution in [3.8, 4) is 0 Å². The molecular weight excluding hydrogens is 442 g/mol. The predicted octanol–water partition coefficient (Wildman–Crippen LogP) is 8.28. The molecule has 1 unspecified atom stereocenters. The smallest absolute Gasteiger partial charge is 0.260 e. The van der Waals surface area contributed by atoms with Crippen molar-refractivity contribution in [1.29, 1.82) is 0 Å². The highest BCUT2D eigenvalue weighted by Crippen LogP contribution is 2.28. The fourth-order valence-corrected chi connectivity index (χ4v) is 5.87. The number of carbonyl (C=O) groups excluding carboxylic acids is 1. The molecule has 1 heterocycles. The van der Waals surface area contributed by atoms with Gasteiger partial charge in [-0.15, -0.1) is 0 Å². The average Bonchev–Trinajstić information content (AvgIpc) is 3.36. The lowest BCUT2D eigenvalue weighted by Crippen LogP contribution is -2.23. The number of H-pyrrole nitrogens is 1. The van der Waals surface area contributed by atoms with Gasteiger partial charge in [-0.05, 0) is 37.6 Å². The second kappa shape index (κ2) is 15.9. The first-order valence-corrected chi connectivity index (χ1v) is 14.9. The van der Waals surface area contributed by atoms with Gasteiger partial charge in [-0.1, -0.05) is 115 Å². The number of aryl methyl sites for hydroxylation is 1. The Labute approximate surface area is 207 Å². The van der Waals surface area contributed by atoms with Crippen LogP contribution in [0.3, 0.4) is 0 Å². The molecule has 0 saturated heterocycles. The van der Waals surface area contributed by atoms with E-state index >= 15 is 0 Å². The number of sulfone groups is 1. The van der Waals surface area contributed by atoms with Gasteiger partial charge in [-0.2, -0.15) is 0 Å². The SMILES string of the molecule is CCCCCCCCCCCCCCCCC(C(=O)S(=O)(=O)c1ccc(C)cc1)c1ccc[nH]1. The van der Waals surface area contributed by atoms with Gasteiger partial charge in [0.2, 0.25) is 9.84 Å². The van der Waals surface area contributed by atoms with E-state index in [0.717, 1.165) is 24.8 Å². The van der Waals surface area contributed by atoms with Crippen LogP contribution in [-0.2, 0) is 14.6 Å². The van der Waals surface area contributed by atoms with Crippen LogP contribution in [0.5, 0.6) is 0 Å². The fourth-order valence-electron chi connectivity index (χ4n) is 4.53. The maximum atomic E-state index is 13.1. The third kappa shape index (κ3) is 9.77. The molecule has 2 aromatic rings. The fraction of sp³-hybridized carbons (Fsp3) is 0.621. The Bertz CT molecular complexity index is 901. The minimum Gasteiger partial charge on any atom is -0.364 e. The van der Waals surface area contributed by atoms with Gasteiger partial charge in [0, 0.05) is 11.9 Å². The van der Waals surface area contributed by atoms with Crippen LogP contribution < -0.4 is 0 Å². The van der Waals surface area contributed by atoms with Crippen LogP contribution in [0.15, 0.2) is 47.5 Å². The van der Waals surface area contributed by atoms with E-state index in [4.69, 9.17) is 0 Å². The lowest BCUT2D eigenvalue weighted by Gasteiger charge is -2.15. The number of carbonyl (C=O) groups is 1. The molecule has 0 radical (unpaired) electrons. The van der Waals surface area contributed by atoms with Crippen LogP contribution in [0.2, 0.25) is 0 Å². The number of hydrogen-bond acceptors (Lipinski definition) is 3. The van der Waals surface area contributed by atoms with Gasteiger partial charge in [0.15, 0.2) is 0 Å². The molecule has 0 saturated carbocycles. The van der Waals surface area contributed by atoms with Crippen LogP contribution in [-0.4, -0.2) is 18.5 Å². The lowest BCUT2D eigenvalue weighted by molar-refractivity contribution is -0.113. The summed E-state index contributed by atoms with van der Waals surface area (Å²) in [5.74, 6) is -0.640. The van der Waals surface area contributed by atoms with Crippen molar-refractivity contribution in [2.75, 3.05) is 0 Å². The number of rotatable bonds is 18. The Kier molecular flexibility index (Phi) is 13.3. The molecule has 1 aromatic heterocycles. The van der Waals surface area contributed by atoms with Gasteiger partial charge in [0.25, 0.3) is 5.12 Å². The van der Waals surface area contributed by atoms with E-state index in [1.807, 2.05) is 19.1 Å². The summed E-state index contributed by atoms with van der Waals surface area (Å²) < 4.78 is 25.9. The summed E-state index contributed by atoms with van der Waals surface area (Å²) in [7, 11) is -4.01. The lowest BCUT2D eigenvalue weighted by atomic mass is 9.98. The largest absolute Gasteiger partial charge is 0.364 e. The highest BCUT2D eigenvalue weighted by molar-refractivity contribution is 8.06. The number of unbranched alkanes of at least 4 members (excludes halogenated alkanes) is 13. The van der Waals surface area contributed by atoms with Gasteiger partial charge in [-0.25, -0.2) is 8.42 Å². The van der Waals surface area contributed by atoms with Gasteiger partial charge in [0.1, 0.15) is 0 Å². The van der Waals surface area contributed by atoms with Crippen molar-refractivity contribution in [3.05, 3.63) is 53.9 Å². The minimum atomic E-state index is -4.01. The van der Waals surface area contributed by atoms with Gasteiger partial charge >= 0.3 is 0 Å². The maximum absolute atomic E-state index is 13.1. The first-order chi connectivity index (χ1) is 16.5. The number of hydrogen-bond donors (Lipinski definition) is 1. The van der Waals surface area contributed by atoms with E-state index in [1.54, 1.807) is 18.3 Å². The number of aromatic amines is 1. The van der Waals surface area contributed by atoms with Crippen LogP contribution in [0.1, 0.15) is 120 Å². The summed E-state index contributed by atoms with van der Waals surface area (Å²) in [4.78, 5) is 16.3. The number of aromatic nitrogens is 1. The molecule has 0 fully saturated rings. The van der Waals surface area contributed by atoms with Gasteiger partial charge in [0.05, 0.1) is 10.8 Å². The Morgan fingerprint density at radius 3 is 1.74 bits per heavy atom. The van der Waals surface area contributed by atoms with E-state index < -0.39 is 20.9 Å². The van der Waals surface area contributed by atoms with Crippen molar-refractivity contribution in [2.45, 2.75) is 121 Å². The molecule has 0 amide bonds. The van der Waals surface area contributed by atoms with Gasteiger partial charge < -0.3 is 4.98 Å². The van der Waals surface area contributed by atoms with Crippen molar-refractivity contribution in [3.63, 3.8) is 0 Å². The predicted molar refractivity (Wildman–Crippen MR) is 142 cm³/mol. The molecule has 1 N–H and O–H groups in total. The van der Waals surface area contributed by atoms with E-state index in [-0.39, 0.29) is 4.90 Å².